The van der Waals surface area contributed by atoms with Crippen LogP contribution in [0, 0.1) is 0 Å². The predicted octanol–water partition coefficient (Wildman–Crippen LogP) is 3.59. The number of rotatable bonds is 10. The van der Waals surface area contributed by atoms with Crippen LogP contribution in [0.3, 0.4) is 0 Å². The van der Waals surface area contributed by atoms with E-state index in [0.29, 0.717) is 77.0 Å². The Kier molecular flexibility index (Phi) is 8.02. The number of ketones is 1. The van der Waals surface area contributed by atoms with Gasteiger partial charge in [-0.25, -0.2) is 4.98 Å². The summed E-state index contributed by atoms with van der Waals surface area (Å²) in [6.07, 6.45) is 2.10. The molecule has 5 rings (SSSR count). The molecule has 214 valence electrons. The van der Waals surface area contributed by atoms with Gasteiger partial charge in [-0.05, 0) is 29.8 Å². The van der Waals surface area contributed by atoms with Gasteiger partial charge in [0.1, 0.15) is 11.6 Å². The van der Waals surface area contributed by atoms with Gasteiger partial charge in [0.05, 0.1) is 51.1 Å². The molecule has 4 aromatic rings. The summed E-state index contributed by atoms with van der Waals surface area (Å²) >= 11 is 6.32. The van der Waals surface area contributed by atoms with Crippen LogP contribution < -0.4 is 34.7 Å². The monoisotopic (exact) mass is 580 g/mol. The Balaban J connectivity index is 1.52. The number of H-pyrrole nitrogens is 2. The van der Waals surface area contributed by atoms with Crippen molar-refractivity contribution in [3.05, 3.63) is 79.9 Å². The van der Waals surface area contributed by atoms with Crippen LogP contribution in [0.25, 0.3) is 0 Å². The van der Waals surface area contributed by atoms with E-state index >= 15 is 0 Å². The van der Waals surface area contributed by atoms with E-state index in [9.17, 15) is 9.59 Å². The summed E-state index contributed by atoms with van der Waals surface area (Å²) in [5, 5.41) is 9.28. The van der Waals surface area contributed by atoms with Crippen molar-refractivity contribution >= 4 is 29.2 Å². The molecule has 0 atom stereocenters. The molecule has 0 saturated heterocycles. The lowest BCUT2D eigenvalue weighted by molar-refractivity contribution is 0.103. The lowest BCUT2D eigenvalue weighted by Crippen LogP contribution is -2.34. The first kappa shape index (κ1) is 27.8. The Morgan fingerprint density at radius 1 is 1.02 bits per heavy atom. The fourth-order valence-corrected chi connectivity index (χ4v) is 4.97. The zero-order valence-electron chi connectivity index (χ0n) is 23.0. The normalized spacial score (nSPS) is 12.5. The third-order valence-corrected chi connectivity index (χ3v) is 7.15. The van der Waals surface area contributed by atoms with Gasteiger partial charge in [-0.2, -0.15) is 4.98 Å². The first-order valence-corrected chi connectivity index (χ1v) is 13.1. The number of fused-ring (bicyclic) bond motifs is 1. The van der Waals surface area contributed by atoms with Crippen molar-refractivity contribution in [1.82, 2.24) is 20.2 Å². The molecule has 0 spiro atoms. The number of nitrogens with zero attached hydrogens (tertiary/aromatic N) is 3. The summed E-state index contributed by atoms with van der Waals surface area (Å²) in [6.45, 7) is 1.24. The highest BCUT2D eigenvalue weighted by Gasteiger charge is 2.26. The van der Waals surface area contributed by atoms with Crippen LogP contribution in [0.1, 0.15) is 32.7 Å². The summed E-state index contributed by atoms with van der Waals surface area (Å²) < 4.78 is 21.5. The van der Waals surface area contributed by atoms with E-state index < -0.39 is 0 Å². The Hall–Kier alpha value is -4.71. The van der Waals surface area contributed by atoms with Crippen LogP contribution in [-0.4, -0.2) is 60.9 Å². The fourth-order valence-electron chi connectivity index (χ4n) is 4.69. The largest absolute Gasteiger partial charge is 0.495 e. The topological polar surface area (TPSA) is 144 Å². The van der Waals surface area contributed by atoms with E-state index in [1.165, 1.54) is 27.5 Å². The summed E-state index contributed by atoms with van der Waals surface area (Å²) in [5.41, 5.74) is 2.72. The molecule has 0 fully saturated rings. The Morgan fingerprint density at radius 3 is 2.41 bits per heavy atom. The van der Waals surface area contributed by atoms with E-state index in [2.05, 4.69) is 20.5 Å². The first-order valence-electron chi connectivity index (χ1n) is 12.7. The standard InChI is InChI=1S/C28H29ClN6O6/c1-38-21-6-5-15(9-19(21)29)12-30-26-17(24(36)16-10-22(39-2)25(41-4)23(11-16)40-3)13-31-28(32-26)35-8-7-20-18(14-35)27(37)34-33-20/h5-6,9-11,13H,7-8,12,14H2,1-4H3,(H,30,31,32)(H2,33,34,37). The van der Waals surface area contributed by atoms with Gasteiger partial charge >= 0.3 is 0 Å². The number of benzene rings is 2. The van der Waals surface area contributed by atoms with Gasteiger partial charge in [-0.1, -0.05) is 17.7 Å². The fraction of sp³-hybridized carbons (Fsp3) is 0.286. The number of methoxy groups -OCH3 is 4. The number of aromatic nitrogens is 4. The maximum atomic E-state index is 13.8. The second-order valence-corrected chi connectivity index (χ2v) is 9.61. The minimum Gasteiger partial charge on any atom is -0.495 e. The zero-order valence-corrected chi connectivity index (χ0v) is 23.7. The Labute approximate surface area is 240 Å². The molecule has 0 aliphatic carbocycles. The number of carbonyl (C=O) groups is 1. The van der Waals surface area contributed by atoms with Crippen LogP contribution >= 0.6 is 11.6 Å². The van der Waals surface area contributed by atoms with Gasteiger partial charge in [-0.15, -0.1) is 0 Å². The maximum Gasteiger partial charge on any atom is 0.269 e. The van der Waals surface area contributed by atoms with Crippen LogP contribution in [0.15, 0.2) is 41.3 Å². The highest BCUT2D eigenvalue weighted by atomic mass is 35.5. The van der Waals surface area contributed by atoms with Crippen molar-refractivity contribution in [3.63, 3.8) is 0 Å². The Bertz CT molecular complexity index is 1630. The van der Waals surface area contributed by atoms with Crippen LogP contribution in [0.4, 0.5) is 11.8 Å². The van der Waals surface area contributed by atoms with Crippen molar-refractivity contribution in [2.75, 3.05) is 45.2 Å². The van der Waals surface area contributed by atoms with Crippen LogP contribution in [0.2, 0.25) is 5.02 Å². The second-order valence-electron chi connectivity index (χ2n) is 9.21. The number of carbonyl (C=O) groups excluding carboxylic acids is 1. The van der Waals surface area contributed by atoms with Crippen molar-refractivity contribution in [1.29, 1.82) is 0 Å². The second kappa shape index (κ2) is 11.8. The number of aromatic amines is 2. The number of hydrogen-bond donors (Lipinski definition) is 3. The molecule has 2 aromatic heterocycles. The van der Waals surface area contributed by atoms with Crippen molar-refractivity contribution in [2.45, 2.75) is 19.5 Å². The van der Waals surface area contributed by atoms with Gasteiger partial charge in [0.15, 0.2) is 17.3 Å². The van der Waals surface area contributed by atoms with Gasteiger partial charge < -0.3 is 34.3 Å². The average Bonchev–Trinajstić information content (AvgIpc) is 3.38. The predicted molar refractivity (Wildman–Crippen MR) is 153 cm³/mol. The van der Waals surface area contributed by atoms with Crippen molar-refractivity contribution < 1.29 is 23.7 Å². The molecule has 3 N–H and O–H groups in total. The van der Waals surface area contributed by atoms with Gasteiger partial charge in [0.2, 0.25) is 11.7 Å². The highest BCUT2D eigenvalue weighted by molar-refractivity contribution is 6.32. The van der Waals surface area contributed by atoms with E-state index in [4.69, 9.17) is 35.5 Å². The molecule has 0 unspecified atom stereocenters. The minimum absolute atomic E-state index is 0.173. The minimum atomic E-state index is -0.353. The number of halogens is 1. The molecule has 0 radical (unpaired) electrons. The summed E-state index contributed by atoms with van der Waals surface area (Å²) in [5.74, 6) is 1.96. The molecule has 12 nitrogen and oxygen atoms in total. The molecule has 3 heterocycles. The summed E-state index contributed by atoms with van der Waals surface area (Å²) in [4.78, 5) is 37.2. The molecule has 2 aromatic carbocycles. The highest BCUT2D eigenvalue weighted by Crippen LogP contribution is 2.39. The maximum absolute atomic E-state index is 13.8. The molecule has 0 amide bonds. The smallest absolute Gasteiger partial charge is 0.269 e. The number of hydrogen-bond acceptors (Lipinski definition) is 10. The van der Waals surface area contributed by atoms with Gasteiger partial charge in [0.25, 0.3) is 5.56 Å². The zero-order chi connectivity index (χ0) is 29.1. The lowest BCUT2D eigenvalue weighted by Gasteiger charge is -2.26. The SMILES string of the molecule is COc1ccc(CNc2nc(N3CCc4[nH][nH]c(=O)c4C3)ncc2C(=O)c2cc(OC)c(OC)c(OC)c2)cc1Cl. The molecular formula is C28H29ClN6O6. The van der Waals surface area contributed by atoms with Gasteiger partial charge in [0, 0.05) is 37.0 Å². The number of nitrogens with one attached hydrogen (secondary N) is 3. The summed E-state index contributed by atoms with van der Waals surface area (Å²) in [7, 11) is 6.01. The average molecular weight is 581 g/mol. The van der Waals surface area contributed by atoms with E-state index in [0.717, 1.165) is 11.3 Å². The molecule has 1 aliphatic heterocycles. The molecular weight excluding hydrogens is 552 g/mol. The number of anilines is 2. The third-order valence-electron chi connectivity index (χ3n) is 6.85. The van der Waals surface area contributed by atoms with E-state index in [1.54, 1.807) is 31.4 Å². The molecule has 1 aliphatic rings. The number of ether oxygens (including phenoxy) is 4. The molecule has 13 heteroatoms. The molecule has 41 heavy (non-hydrogen) atoms. The Morgan fingerprint density at radius 2 is 1.76 bits per heavy atom. The quantitative estimate of drug-likeness (QED) is 0.238. The van der Waals surface area contributed by atoms with Crippen LogP contribution in [-0.2, 0) is 19.5 Å². The molecule has 0 saturated carbocycles. The van der Waals surface area contributed by atoms with E-state index in [1.807, 2.05) is 11.0 Å². The van der Waals surface area contributed by atoms with Crippen LogP contribution in [0.5, 0.6) is 23.0 Å². The van der Waals surface area contributed by atoms with Gasteiger partial charge in [-0.3, -0.25) is 14.7 Å². The van der Waals surface area contributed by atoms with E-state index in [-0.39, 0.29) is 16.9 Å². The van der Waals surface area contributed by atoms with Crippen molar-refractivity contribution in [3.8, 4) is 23.0 Å². The summed E-state index contributed by atoms with van der Waals surface area (Å²) in [6, 6.07) is 8.57. The van der Waals surface area contributed by atoms with Crippen molar-refractivity contribution in [2.24, 2.45) is 0 Å². The first-order chi connectivity index (χ1) is 19.9. The molecule has 0 bridgehead atoms. The third kappa shape index (κ3) is 5.50. The lowest BCUT2D eigenvalue weighted by atomic mass is 10.0.